The highest BCUT2D eigenvalue weighted by molar-refractivity contribution is 5.72. The summed E-state index contributed by atoms with van der Waals surface area (Å²) < 4.78 is 5.10. The van der Waals surface area contributed by atoms with E-state index in [9.17, 15) is 9.90 Å². The molecule has 17 heavy (non-hydrogen) atoms. The lowest BCUT2D eigenvalue weighted by Gasteiger charge is -2.19. The third kappa shape index (κ3) is 7.37. The van der Waals surface area contributed by atoms with Crippen LogP contribution in [0.4, 0.5) is 0 Å². The summed E-state index contributed by atoms with van der Waals surface area (Å²) in [6.45, 7) is 8.57. The molecule has 0 aromatic carbocycles. The van der Waals surface area contributed by atoms with Crippen molar-refractivity contribution in [2.24, 2.45) is 11.8 Å². The molecule has 0 spiro atoms. The normalized spacial score (nSPS) is 16.3. The topological polar surface area (TPSA) is 46.5 Å². The van der Waals surface area contributed by atoms with Crippen LogP contribution in [0.25, 0.3) is 0 Å². The highest BCUT2D eigenvalue weighted by Gasteiger charge is 2.23. The first kappa shape index (κ1) is 16.4. The van der Waals surface area contributed by atoms with Gasteiger partial charge in [0.15, 0.2) is 0 Å². The quantitative estimate of drug-likeness (QED) is 0.500. The molecule has 0 aromatic rings. The van der Waals surface area contributed by atoms with Gasteiger partial charge in [0, 0.05) is 0 Å². The molecule has 0 fully saturated rings. The monoisotopic (exact) mass is 244 g/mol. The first-order valence-corrected chi connectivity index (χ1v) is 6.87. The minimum atomic E-state index is -0.571. The number of hydrogen-bond acceptors (Lipinski definition) is 3. The number of rotatable bonds is 9. The van der Waals surface area contributed by atoms with E-state index in [2.05, 4.69) is 20.8 Å². The lowest BCUT2D eigenvalue weighted by molar-refractivity contribution is -0.152. The summed E-state index contributed by atoms with van der Waals surface area (Å²) in [5.74, 6) is -0.0704. The summed E-state index contributed by atoms with van der Waals surface area (Å²) in [6, 6.07) is 0. The fourth-order valence-electron chi connectivity index (χ4n) is 1.52. The molecule has 1 N–H and O–H groups in total. The van der Waals surface area contributed by atoms with Gasteiger partial charge in [0.05, 0.1) is 18.6 Å². The number of unbranched alkanes of at least 4 members (excludes halogenated alkanes) is 1. The molecule has 0 heterocycles. The third-order valence-electron chi connectivity index (χ3n) is 3.34. The molecule has 3 nitrogen and oxygen atoms in total. The molecular weight excluding hydrogens is 216 g/mol. The maximum Gasteiger partial charge on any atom is 0.311 e. The molecular formula is C14H28O3. The van der Waals surface area contributed by atoms with Crippen LogP contribution < -0.4 is 0 Å². The van der Waals surface area contributed by atoms with Crippen molar-refractivity contribution in [3.63, 3.8) is 0 Å². The summed E-state index contributed by atoms with van der Waals surface area (Å²) in [7, 11) is 0. The molecule has 0 amide bonds. The number of aliphatic hydroxyl groups is 1. The van der Waals surface area contributed by atoms with E-state index in [0.29, 0.717) is 18.9 Å². The molecule has 0 aliphatic heterocycles. The number of ether oxygens (including phenoxy) is 1. The van der Waals surface area contributed by atoms with Gasteiger partial charge in [-0.2, -0.15) is 0 Å². The smallest absolute Gasteiger partial charge is 0.311 e. The van der Waals surface area contributed by atoms with E-state index < -0.39 is 12.0 Å². The fraction of sp³-hybridized carbons (Fsp3) is 0.929. The summed E-state index contributed by atoms with van der Waals surface area (Å²) in [4.78, 5) is 11.6. The van der Waals surface area contributed by atoms with Crippen molar-refractivity contribution < 1.29 is 14.6 Å². The Balaban J connectivity index is 3.85. The average Bonchev–Trinajstić information content (AvgIpc) is 2.34. The molecule has 0 rings (SSSR count). The van der Waals surface area contributed by atoms with Crippen LogP contribution in [-0.2, 0) is 9.53 Å². The van der Waals surface area contributed by atoms with Gasteiger partial charge in [0.2, 0.25) is 0 Å². The molecule has 0 saturated carbocycles. The zero-order valence-corrected chi connectivity index (χ0v) is 11.7. The van der Waals surface area contributed by atoms with Gasteiger partial charge in [-0.25, -0.2) is 0 Å². The Kier molecular flexibility index (Phi) is 9.14. The third-order valence-corrected chi connectivity index (χ3v) is 3.34. The number of hydrogen-bond donors (Lipinski definition) is 1. The largest absolute Gasteiger partial charge is 0.465 e. The van der Waals surface area contributed by atoms with Crippen molar-refractivity contribution in [3.8, 4) is 0 Å². The van der Waals surface area contributed by atoms with Crippen LogP contribution in [0.3, 0.4) is 0 Å². The first-order chi connectivity index (χ1) is 8.02. The number of esters is 1. The van der Waals surface area contributed by atoms with Crippen molar-refractivity contribution in [1.29, 1.82) is 0 Å². The van der Waals surface area contributed by atoms with Crippen LogP contribution in [0.5, 0.6) is 0 Å². The number of carbonyl (C=O) groups is 1. The average molecular weight is 244 g/mol. The fourth-order valence-corrected chi connectivity index (χ4v) is 1.52. The standard InChI is InChI=1S/C14H28O3/c1-5-7-10-17-14(16)12(4)13(15)9-8-11(3)6-2/h11-13,15H,5-10H2,1-4H3/t11-,12-,13+/m0/s1. The van der Waals surface area contributed by atoms with Gasteiger partial charge in [0.25, 0.3) is 0 Å². The lowest BCUT2D eigenvalue weighted by Crippen LogP contribution is -2.28. The molecule has 0 saturated heterocycles. The predicted molar refractivity (Wildman–Crippen MR) is 69.7 cm³/mol. The zero-order chi connectivity index (χ0) is 13.3. The Labute approximate surface area is 106 Å². The SMILES string of the molecule is CCCCOC(=O)[C@@H](C)[C@H](O)CC[C@@H](C)CC. The van der Waals surface area contributed by atoms with Gasteiger partial charge in [-0.05, 0) is 32.1 Å². The van der Waals surface area contributed by atoms with E-state index in [4.69, 9.17) is 4.74 Å². The summed E-state index contributed by atoms with van der Waals surface area (Å²) in [6.07, 6.45) is 4.09. The Bertz CT molecular complexity index is 204. The van der Waals surface area contributed by atoms with Crippen molar-refractivity contribution in [3.05, 3.63) is 0 Å². The Morgan fingerprint density at radius 2 is 1.88 bits per heavy atom. The van der Waals surface area contributed by atoms with Gasteiger partial charge in [-0.1, -0.05) is 33.6 Å². The maximum absolute atomic E-state index is 11.6. The molecule has 0 bridgehead atoms. The Hall–Kier alpha value is -0.570. The van der Waals surface area contributed by atoms with E-state index >= 15 is 0 Å². The Morgan fingerprint density at radius 3 is 2.41 bits per heavy atom. The van der Waals surface area contributed by atoms with E-state index in [1.165, 1.54) is 0 Å². The van der Waals surface area contributed by atoms with Gasteiger partial charge < -0.3 is 9.84 Å². The molecule has 0 aromatic heterocycles. The summed E-state index contributed by atoms with van der Waals surface area (Å²) in [5, 5.41) is 9.89. The molecule has 102 valence electrons. The van der Waals surface area contributed by atoms with Gasteiger partial charge in [-0.15, -0.1) is 0 Å². The minimum Gasteiger partial charge on any atom is -0.465 e. The van der Waals surface area contributed by atoms with Gasteiger partial charge in [0.1, 0.15) is 0 Å². The second kappa shape index (κ2) is 9.46. The van der Waals surface area contributed by atoms with E-state index in [-0.39, 0.29) is 5.97 Å². The van der Waals surface area contributed by atoms with Crippen LogP contribution in [0.1, 0.15) is 59.8 Å². The van der Waals surface area contributed by atoms with Crippen LogP contribution >= 0.6 is 0 Å². The highest BCUT2D eigenvalue weighted by atomic mass is 16.5. The van der Waals surface area contributed by atoms with E-state index in [0.717, 1.165) is 25.7 Å². The minimum absolute atomic E-state index is 0.268. The van der Waals surface area contributed by atoms with Crippen LogP contribution in [-0.4, -0.2) is 23.8 Å². The van der Waals surface area contributed by atoms with Crippen molar-refractivity contribution in [2.45, 2.75) is 65.9 Å². The number of carbonyl (C=O) groups excluding carboxylic acids is 1. The maximum atomic E-state index is 11.6. The lowest BCUT2D eigenvalue weighted by atomic mass is 9.95. The van der Waals surface area contributed by atoms with Crippen molar-refractivity contribution in [1.82, 2.24) is 0 Å². The second-order valence-corrected chi connectivity index (χ2v) is 4.97. The van der Waals surface area contributed by atoms with Crippen molar-refractivity contribution in [2.75, 3.05) is 6.61 Å². The highest BCUT2D eigenvalue weighted by Crippen LogP contribution is 2.16. The van der Waals surface area contributed by atoms with Gasteiger partial charge in [-0.3, -0.25) is 4.79 Å². The summed E-state index contributed by atoms with van der Waals surface area (Å²) >= 11 is 0. The van der Waals surface area contributed by atoms with E-state index in [1.807, 2.05) is 0 Å². The van der Waals surface area contributed by atoms with Crippen LogP contribution in [0.15, 0.2) is 0 Å². The van der Waals surface area contributed by atoms with Crippen LogP contribution in [0, 0.1) is 11.8 Å². The first-order valence-electron chi connectivity index (χ1n) is 6.87. The summed E-state index contributed by atoms with van der Waals surface area (Å²) in [5.41, 5.74) is 0. The predicted octanol–water partition coefficient (Wildman–Crippen LogP) is 3.15. The number of aliphatic hydroxyl groups excluding tert-OH is 1. The molecule has 3 atom stereocenters. The van der Waals surface area contributed by atoms with Gasteiger partial charge >= 0.3 is 5.97 Å². The van der Waals surface area contributed by atoms with Crippen LogP contribution in [0.2, 0.25) is 0 Å². The molecule has 0 radical (unpaired) electrons. The molecule has 0 unspecified atom stereocenters. The van der Waals surface area contributed by atoms with E-state index in [1.54, 1.807) is 6.92 Å². The second-order valence-electron chi connectivity index (χ2n) is 4.97. The molecule has 3 heteroatoms. The molecule has 0 aliphatic rings. The zero-order valence-electron chi connectivity index (χ0n) is 11.7. The molecule has 0 aliphatic carbocycles. The Morgan fingerprint density at radius 1 is 1.24 bits per heavy atom. The van der Waals surface area contributed by atoms with Crippen molar-refractivity contribution >= 4 is 5.97 Å².